The first-order valence-corrected chi connectivity index (χ1v) is 7.12. The van der Waals surface area contributed by atoms with Crippen LogP contribution < -0.4 is 10.6 Å². The zero-order chi connectivity index (χ0) is 16.7. The molecule has 4 amide bonds. The predicted octanol–water partition coefficient (Wildman–Crippen LogP) is 0.545. The molecule has 2 heterocycles. The fourth-order valence-electron chi connectivity index (χ4n) is 2.92. The molecule has 0 aliphatic carbocycles. The largest absolute Gasteiger partial charge is 0.323 e. The zero-order valence-electron chi connectivity index (χ0n) is 12.3. The molecule has 0 bridgehead atoms. The van der Waals surface area contributed by atoms with E-state index in [1.165, 1.54) is 24.0 Å². The van der Waals surface area contributed by atoms with Crippen LogP contribution in [0.3, 0.4) is 0 Å². The fourth-order valence-corrected chi connectivity index (χ4v) is 2.92. The van der Waals surface area contributed by atoms with Gasteiger partial charge in [-0.1, -0.05) is 6.07 Å². The van der Waals surface area contributed by atoms with Crippen molar-refractivity contribution in [1.29, 1.82) is 0 Å². The summed E-state index contributed by atoms with van der Waals surface area (Å²) in [5, 5.41) is 4.53. The smallest absolute Gasteiger partial charge is 0.257 e. The molecule has 0 radical (unpaired) electrons. The zero-order valence-corrected chi connectivity index (χ0v) is 12.3. The van der Waals surface area contributed by atoms with Crippen LogP contribution in [0, 0.1) is 5.82 Å². The van der Waals surface area contributed by atoms with Crippen LogP contribution in [0.25, 0.3) is 0 Å². The van der Waals surface area contributed by atoms with Gasteiger partial charge in [0.25, 0.3) is 5.91 Å². The molecule has 1 atom stereocenters. The lowest BCUT2D eigenvalue weighted by atomic mass is 10.0. The maximum Gasteiger partial charge on any atom is 0.257 e. The van der Waals surface area contributed by atoms with Gasteiger partial charge in [-0.15, -0.1) is 0 Å². The molecule has 0 saturated carbocycles. The van der Waals surface area contributed by atoms with Crippen molar-refractivity contribution in [3.63, 3.8) is 0 Å². The molecule has 1 aromatic rings. The third-order valence-electron chi connectivity index (χ3n) is 3.94. The Morgan fingerprint density at radius 1 is 1.35 bits per heavy atom. The van der Waals surface area contributed by atoms with Gasteiger partial charge in [-0.25, -0.2) is 4.39 Å². The average Bonchev–Trinajstić information content (AvgIpc) is 2.79. The van der Waals surface area contributed by atoms with E-state index in [-0.39, 0.29) is 36.5 Å². The van der Waals surface area contributed by atoms with E-state index in [0.29, 0.717) is 5.56 Å². The van der Waals surface area contributed by atoms with Crippen molar-refractivity contribution in [2.75, 3.05) is 5.32 Å². The Morgan fingerprint density at radius 2 is 2.09 bits per heavy atom. The molecule has 7 nitrogen and oxygen atoms in total. The number of rotatable bonds is 2. The molecule has 2 N–H and O–H groups in total. The van der Waals surface area contributed by atoms with Crippen LogP contribution in [0.15, 0.2) is 12.1 Å². The summed E-state index contributed by atoms with van der Waals surface area (Å²) < 4.78 is 14.0. The Labute approximate surface area is 130 Å². The van der Waals surface area contributed by atoms with Gasteiger partial charge in [-0.05, 0) is 18.1 Å². The lowest BCUT2D eigenvalue weighted by molar-refractivity contribution is -0.137. The number of imide groups is 1. The summed E-state index contributed by atoms with van der Waals surface area (Å²) in [6.07, 6.45) is 0.367. The first kappa shape index (κ1) is 15.1. The van der Waals surface area contributed by atoms with Crippen LogP contribution in [0.4, 0.5) is 10.1 Å². The Hall–Kier alpha value is -2.77. The number of hydrogen-bond acceptors (Lipinski definition) is 4. The predicted molar refractivity (Wildman–Crippen MR) is 76.7 cm³/mol. The number of fused-ring (bicyclic) bond motifs is 1. The van der Waals surface area contributed by atoms with E-state index in [1.54, 1.807) is 0 Å². The number of anilines is 1. The summed E-state index contributed by atoms with van der Waals surface area (Å²) in [5.41, 5.74) is 0.421. The summed E-state index contributed by atoms with van der Waals surface area (Å²) in [6, 6.07) is 1.85. The van der Waals surface area contributed by atoms with E-state index in [2.05, 4.69) is 10.6 Å². The lowest BCUT2D eigenvalue weighted by Gasteiger charge is -2.29. The molecule has 1 saturated heterocycles. The fraction of sp³-hybridized carbons (Fsp3) is 0.333. The van der Waals surface area contributed by atoms with Gasteiger partial charge in [-0.2, -0.15) is 0 Å². The number of halogens is 1. The van der Waals surface area contributed by atoms with Gasteiger partial charge in [0.05, 0.1) is 11.3 Å². The third kappa shape index (κ3) is 2.56. The number of carbonyl (C=O) groups excluding carboxylic acids is 4. The van der Waals surface area contributed by atoms with Gasteiger partial charge < -0.3 is 10.2 Å². The van der Waals surface area contributed by atoms with E-state index in [4.69, 9.17) is 0 Å². The maximum atomic E-state index is 14.0. The molecule has 1 aromatic carbocycles. The van der Waals surface area contributed by atoms with Crippen molar-refractivity contribution < 1.29 is 23.6 Å². The Kier molecular flexibility index (Phi) is 3.59. The Bertz CT molecular complexity index is 746. The quantitative estimate of drug-likeness (QED) is 0.778. The normalized spacial score (nSPS) is 20.3. The molecule has 0 aromatic heterocycles. The summed E-state index contributed by atoms with van der Waals surface area (Å²) >= 11 is 0. The van der Waals surface area contributed by atoms with Gasteiger partial charge in [0.2, 0.25) is 17.7 Å². The molecular weight excluding hydrogens is 305 g/mol. The van der Waals surface area contributed by atoms with E-state index >= 15 is 0 Å². The maximum absolute atomic E-state index is 14.0. The van der Waals surface area contributed by atoms with Crippen LogP contribution >= 0.6 is 0 Å². The number of hydrogen-bond donors (Lipinski definition) is 2. The highest BCUT2D eigenvalue weighted by atomic mass is 19.1. The standard InChI is InChI=1S/C15H14FN3O4/c1-7(20)17-13-9(16)3-2-8-6-19(15(23)12(8)13)10-4-5-11(21)18-14(10)22/h2-3,10H,4-6H2,1H3,(H,17,20)(H,18,21,22). The molecule has 2 aliphatic heterocycles. The second kappa shape index (κ2) is 5.45. The minimum Gasteiger partial charge on any atom is -0.323 e. The SMILES string of the molecule is CC(=O)Nc1c(F)ccc2c1C(=O)N(C1CCC(=O)NC1=O)C2. The van der Waals surface area contributed by atoms with Crippen molar-refractivity contribution in [2.45, 2.75) is 32.4 Å². The third-order valence-corrected chi connectivity index (χ3v) is 3.94. The van der Waals surface area contributed by atoms with Crippen LogP contribution in [-0.2, 0) is 20.9 Å². The van der Waals surface area contributed by atoms with E-state index in [0.717, 1.165) is 0 Å². The molecule has 120 valence electrons. The number of benzene rings is 1. The van der Waals surface area contributed by atoms with Crippen molar-refractivity contribution in [3.8, 4) is 0 Å². The van der Waals surface area contributed by atoms with Crippen LogP contribution in [0.2, 0.25) is 0 Å². The molecule has 0 spiro atoms. The minimum atomic E-state index is -0.777. The highest BCUT2D eigenvalue weighted by molar-refractivity contribution is 6.09. The van der Waals surface area contributed by atoms with Crippen molar-refractivity contribution in [2.24, 2.45) is 0 Å². The van der Waals surface area contributed by atoms with E-state index in [9.17, 15) is 23.6 Å². The second-order valence-corrected chi connectivity index (χ2v) is 5.54. The molecule has 3 rings (SSSR count). The van der Waals surface area contributed by atoms with E-state index < -0.39 is 29.6 Å². The topological polar surface area (TPSA) is 95.6 Å². The molecular formula is C15H14FN3O4. The molecule has 8 heteroatoms. The van der Waals surface area contributed by atoms with Gasteiger partial charge in [-0.3, -0.25) is 24.5 Å². The molecule has 1 unspecified atom stereocenters. The van der Waals surface area contributed by atoms with Crippen LogP contribution in [-0.4, -0.2) is 34.6 Å². The first-order chi connectivity index (χ1) is 10.9. The van der Waals surface area contributed by atoms with Gasteiger partial charge in [0.15, 0.2) is 0 Å². The summed E-state index contributed by atoms with van der Waals surface area (Å²) in [5.74, 6) is -2.65. The number of amides is 4. The number of nitrogens with zero attached hydrogens (tertiary/aromatic N) is 1. The molecule has 2 aliphatic rings. The Morgan fingerprint density at radius 3 is 2.74 bits per heavy atom. The summed E-state index contributed by atoms with van der Waals surface area (Å²) in [7, 11) is 0. The highest BCUT2D eigenvalue weighted by Gasteiger charge is 2.40. The summed E-state index contributed by atoms with van der Waals surface area (Å²) in [4.78, 5) is 48.3. The monoisotopic (exact) mass is 319 g/mol. The average molecular weight is 319 g/mol. The van der Waals surface area contributed by atoms with Gasteiger partial charge in [0, 0.05) is 19.9 Å². The number of nitrogens with one attached hydrogen (secondary N) is 2. The number of carbonyl (C=O) groups is 4. The van der Waals surface area contributed by atoms with E-state index in [1.807, 2.05) is 0 Å². The van der Waals surface area contributed by atoms with Crippen molar-refractivity contribution in [3.05, 3.63) is 29.1 Å². The highest BCUT2D eigenvalue weighted by Crippen LogP contribution is 2.33. The van der Waals surface area contributed by atoms with Crippen molar-refractivity contribution in [1.82, 2.24) is 10.2 Å². The van der Waals surface area contributed by atoms with Crippen molar-refractivity contribution >= 4 is 29.3 Å². The van der Waals surface area contributed by atoms with Gasteiger partial charge >= 0.3 is 0 Å². The Balaban J connectivity index is 1.95. The minimum absolute atomic E-state index is 0.0601. The molecule has 23 heavy (non-hydrogen) atoms. The van der Waals surface area contributed by atoms with Crippen LogP contribution in [0.5, 0.6) is 0 Å². The molecule has 1 fully saturated rings. The number of piperidine rings is 1. The van der Waals surface area contributed by atoms with Gasteiger partial charge in [0.1, 0.15) is 11.9 Å². The summed E-state index contributed by atoms with van der Waals surface area (Å²) in [6.45, 7) is 1.35. The lowest BCUT2D eigenvalue weighted by Crippen LogP contribution is -2.52. The second-order valence-electron chi connectivity index (χ2n) is 5.54. The first-order valence-electron chi connectivity index (χ1n) is 7.12. The van der Waals surface area contributed by atoms with Crippen LogP contribution in [0.1, 0.15) is 35.7 Å².